The van der Waals surface area contributed by atoms with Gasteiger partial charge in [0.2, 0.25) is 0 Å². The first-order chi connectivity index (χ1) is 9.97. The molecular weight excluding hydrogens is 304 g/mol. The van der Waals surface area contributed by atoms with Crippen molar-refractivity contribution in [3.05, 3.63) is 17.0 Å². The van der Waals surface area contributed by atoms with Crippen LogP contribution in [0.15, 0.2) is 16.3 Å². The van der Waals surface area contributed by atoms with Gasteiger partial charge in [-0.25, -0.2) is 13.1 Å². The molecule has 1 aromatic heterocycles. The largest absolute Gasteiger partial charge is 0.309 e. The van der Waals surface area contributed by atoms with E-state index in [1.165, 1.54) is 30.6 Å². The fourth-order valence-electron chi connectivity index (χ4n) is 2.94. The molecule has 0 atom stereocenters. The highest BCUT2D eigenvalue weighted by Gasteiger charge is 2.32. The Morgan fingerprint density at radius 1 is 1.24 bits per heavy atom. The summed E-state index contributed by atoms with van der Waals surface area (Å²) in [7, 11) is -3.38. The lowest BCUT2D eigenvalue weighted by Crippen LogP contribution is -2.46. The van der Waals surface area contributed by atoms with Crippen molar-refractivity contribution in [1.29, 1.82) is 0 Å². The third-order valence-electron chi connectivity index (χ3n) is 4.38. The first-order valence-corrected chi connectivity index (χ1v) is 10.1. The van der Waals surface area contributed by atoms with Gasteiger partial charge in [0.05, 0.1) is 0 Å². The predicted molar refractivity (Wildman–Crippen MR) is 86.0 cm³/mol. The Bertz CT molecular complexity index is 585. The van der Waals surface area contributed by atoms with Crippen molar-refractivity contribution in [2.24, 2.45) is 0 Å². The average molecular weight is 329 g/mol. The van der Waals surface area contributed by atoms with Crippen LogP contribution in [-0.2, 0) is 16.6 Å². The van der Waals surface area contributed by atoms with Crippen molar-refractivity contribution in [2.45, 2.75) is 74.2 Å². The highest BCUT2D eigenvalue weighted by atomic mass is 32.2. The molecule has 2 aliphatic rings. The molecule has 0 amide bonds. The molecule has 0 radical (unpaired) electrons. The van der Waals surface area contributed by atoms with E-state index in [9.17, 15) is 8.42 Å². The molecule has 2 aliphatic carbocycles. The number of nitrogens with one attached hydrogen (secondary N) is 2. The van der Waals surface area contributed by atoms with E-state index in [0.717, 1.165) is 37.1 Å². The number of hydrogen-bond acceptors (Lipinski definition) is 4. The molecule has 2 saturated carbocycles. The average Bonchev–Trinajstić information content (AvgIpc) is 3.12. The Morgan fingerprint density at radius 2 is 1.95 bits per heavy atom. The second kappa shape index (κ2) is 5.99. The van der Waals surface area contributed by atoms with Crippen molar-refractivity contribution in [3.8, 4) is 0 Å². The number of rotatable bonds is 6. The van der Waals surface area contributed by atoms with Gasteiger partial charge in [0.15, 0.2) is 0 Å². The van der Waals surface area contributed by atoms with Crippen LogP contribution < -0.4 is 10.0 Å². The number of sulfonamides is 1. The maximum Gasteiger partial charge on any atom is 0.250 e. The Morgan fingerprint density at radius 3 is 2.62 bits per heavy atom. The van der Waals surface area contributed by atoms with Gasteiger partial charge in [0.25, 0.3) is 10.0 Å². The molecule has 2 N–H and O–H groups in total. The topological polar surface area (TPSA) is 58.2 Å². The second-order valence-corrected chi connectivity index (χ2v) is 9.68. The van der Waals surface area contributed by atoms with Gasteiger partial charge >= 0.3 is 0 Å². The van der Waals surface area contributed by atoms with Gasteiger partial charge in [-0.05, 0) is 44.7 Å². The third-order valence-corrected chi connectivity index (χ3v) is 7.60. The summed E-state index contributed by atoms with van der Waals surface area (Å²) in [4.78, 5) is 1.09. The van der Waals surface area contributed by atoms with Crippen LogP contribution >= 0.6 is 11.3 Å². The fourth-order valence-corrected chi connectivity index (χ4v) is 5.71. The first-order valence-electron chi connectivity index (χ1n) is 7.83. The van der Waals surface area contributed by atoms with E-state index in [2.05, 4.69) is 10.0 Å². The lowest BCUT2D eigenvalue weighted by molar-refractivity contribution is 0.294. The summed E-state index contributed by atoms with van der Waals surface area (Å²) >= 11 is 1.38. The molecule has 0 aliphatic heterocycles. The number of hydrogen-bond donors (Lipinski definition) is 2. The second-order valence-electron chi connectivity index (χ2n) is 6.60. The zero-order valence-electron chi connectivity index (χ0n) is 12.5. The third kappa shape index (κ3) is 4.06. The molecule has 0 unspecified atom stereocenters. The van der Waals surface area contributed by atoms with Crippen molar-refractivity contribution in [3.63, 3.8) is 0 Å². The summed E-state index contributed by atoms with van der Waals surface area (Å²) in [5.74, 6) is 0. The molecule has 1 aromatic rings. The quantitative estimate of drug-likeness (QED) is 0.844. The highest BCUT2D eigenvalue weighted by molar-refractivity contribution is 7.91. The van der Waals surface area contributed by atoms with Gasteiger partial charge in [-0.2, -0.15) is 0 Å². The summed E-state index contributed by atoms with van der Waals surface area (Å²) in [6.07, 6.45) is 7.81. The van der Waals surface area contributed by atoms with E-state index in [4.69, 9.17) is 0 Å². The van der Waals surface area contributed by atoms with Gasteiger partial charge in [-0.3, -0.25) is 0 Å². The summed E-state index contributed by atoms with van der Waals surface area (Å²) in [6, 6.07) is 4.31. The smallest absolute Gasteiger partial charge is 0.250 e. The van der Waals surface area contributed by atoms with Crippen molar-refractivity contribution in [2.75, 3.05) is 0 Å². The van der Waals surface area contributed by atoms with Crippen molar-refractivity contribution >= 4 is 21.4 Å². The number of thiophene rings is 1. The van der Waals surface area contributed by atoms with Crippen LogP contribution in [0.3, 0.4) is 0 Å². The minimum absolute atomic E-state index is 0.270. The van der Waals surface area contributed by atoms with Gasteiger partial charge in [0.1, 0.15) is 4.21 Å². The Labute approximate surface area is 131 Å². The maximum absolute atomic E-state index is 12.5. The van der Waals surface area contributed by atoms with E-state index in [1.54, 1.807) is 6.07 Å². The van der Waals surface area contributed by atoms with Crippen molar-refractivity contribution in [1.82, 2.24) is 10.0 Å². The lowest BCUT2D eigenvalue weighted by Gasteiger charge is -2.33. The van der Waals surface area contributed by atoms with Gasteiger partial charge in [-0.1, -0.05) is 19.3 Å². The zero-order valence-corrected chi connectivity index (χ0v) is 14.2. The SMILES string of the molecule is CC1(NS(=O)(=O)c2ccc(CNC3CC3)s2)CCCCC1. The van der Waals surface area contributed by atoms with Gasteiger partial charge in [-0.15, -0.1) is 11.3 Å². The predicted octanol–water partition coefficient (Wildman–Crippen LogP) is 3.00. The van der Waals surface area contributed by atoms with Crippen LogP contribution in [0.25, 0.3) is 0 Å². The Hall–Kier alpha value is -0.430. The molecule has 4 nitrogen and oxygen atoms in total. The van der Waals surface area contributed by atoms with Crippen LogP contribution in [0.1, 0.15) is 56.7 Å². The molecule has 118 valence electrons. The summed E-state index contributed by atoms with van der Waals surface area (Å²) in [6.45, 7) is 2.81. The molecule has 1 heterocycles. The Balaban J connectivity index is 1.65. The normalized spacial score (nSPS) is 22.3. The minimum Gasteiger partial charge on any atom is -0.309 e. The summed E-state index contributed by atoms with van der Waals surface area (Å²) in [5, 5.41) is 3.42. The molecule has 0 saturated heterocycles. The van der Waals surface area contributed by atoms with Crippen LogP contribution in [0.5, 0.6) is 0 Å². The molecule has 3 rings (SSSR count). The first kappa shape index (κ1) is 15.5. The highest BCUT2D eigenvalue weighted by Crippen LogP contribution is 2.31. The molecule has 6 heteroatoms. The molecule has 0 aromatic carbocycles. The van der Waals surface area contributed by atoms with E-state index < -0.39 is 10.0 Å². The van der Waals surface area contributed by atoms with Crippen LogP contribution in [-0.4, -0.2) is 20.0 Å². The lowest BCUT2D eigenvalue weighted by atomic mass is 9.84. The van der Waals surface area contributed by atoms with E-state index >= 15 is 0 Å². The minimum atomic E-state index is -3.38. The molecular formula is C15H24N2O2S2. The van der Waals surface area contributed by atoms with Crippen molar-refractivity contribution < 1.29 is 8.42 Å². The van der Waals surface area contributed by atoms with Gasteiger partial charge in [0, 0.05) is 23.0 Å². The van der Waals surface area contributed by atoms with E-state index in [0.29, 0.717) is 10.3 Å². The van der Waals surface area contributed by atoms with Crippen LogP contribution in [0.4, 0.5) is 0 Å². The van der Waals surface area contributed by atoms with Crippen LogP contribution in [0.2, 0.25) is 0 Å². The maximum atomic E-state index is 12.5. The van der Waals surface area contributed by atoms with Gasteiger partial charge < -0.3 is 5.32 Å². The summed E-state index contributed by atoms with van der Waals surface area (Å²) in [5.41, 5.74) is -0.270. The Kier molecular flexibility index (Phi) is 4.41. The standard InChI is InChI=1S/C15H24N2O2S2/c1-15(9-3-2-4-10-15)17-21(18,19)14-8-7-13(20-14)11-16-12-5-6-12/h7-8,12,16-17H,2-6,9-11H2,1H3. The molecule has 0 spiro atoms. The monoisotopic (exact) mass is 328 g/mol. The van der Waals surface area contributed by atoms with E-state index in [-0.39, 0.29) is 5.54 Å². The summed E-state index contributed by atoms with van der Waals surface area (Å²) < 4.78 is 28.5. The van der Waals surface area contributed by atoms with Crippen LogP contribution in [0, 0.1) is 0 Å². The fraction of sp³-hybridized carbons (Fsp3) is 0.733. The molecule has 21 heavy (non-hydrogen) atoms. The molecule has 2 fully saturated rings. The molecule has 0 bridgehead atoms. The zero-order chi connectivity index (χ0) is 14.9. The van der Waals surface area contributed by atoms with E-state index in [1.807, 2.05) is 13.0 Å².